The van der Waals surface area contributed by atoms with Gasteiger partial charge in [-0.2, -0.15) is 11.8 Å². The molecule has 0 heterocycles. The SMILES string of the molecule is CCC(N)CSCC(=O)Nc1ccccc1[N+](=O)[O-]. The van der Waals surface area contributed by atoms with Crippen molar-refractivity contribution in [3.8, 4) is 0 Å². The molecule has 1 aromatic carbocycles. The normalized spacial score (nSPS) is 11.9. The average molecular weight is 283 g/mol. The lowest BCUT2D eigenvalue weighted by Gasteiger charge is -2.08. The zero-order valence-corrected chi connectivity index (χ0v) is 11.5. The number of nitro benzene ring substituents is 1. The highest BCUT2D eigenvalue weighted by atomic mass is 32.2. The van der Waals surface area contributed by atoms with Gasteiger partial charge < -0.3 is 11.1 Å². The summed E-state index contributed by atoms with van der Waals surface area (Å²) in [5.74, 6) is 0.670. The van der Waals surface area contributed by atoms with Gasteiger partial charge in [-0.25, -0.2) is 0 Å². The van der Waals surface area contributed by atoms with Gasteiger partial charge in [0.1, 0.15) is 5.69 Å². The molecule has 1 amide bonds. The summed E-state index contributed by atoms with van der Waals surface area (Å²) >= 11 is 1.42. The molecule has 1 rings (SSSR count). The van der Waals surface area contributed by atoms with Crippen LogP contribution in [-0.2, 0) is 4.79 Å². The minimum Gasteiger partial charge on any atom is -0.327 e. The summed E-state index contributed by atoms with van der Waals surface area (Å²) in [5, 5.41) is 13.3. The molecule has 19 heavy (non-hydrogen) atoms. The molecule has 0 aliphatic carbocycles. The monoisotopic (exact) mass is 283 g/mol. The summed E-state index contributed by atoms with van der Waals surface area (Å²) in [6, 6.07) is 6.14. The molecule has 0 saturated heterocycles. The standard InChI is InChI=1S/C12H17N3O3S/c1-2-9(13)7-19-8-12(16)14-10-5-3-4-6-11(10)15(17)18/h3-6,9H,2,7-8,13H2,1H3,(H,14,16). The molecule has 0 bridgehead atoms. The molecule has 0 aliphatic heterocycles. The van der Waals surface area contributed by atoms with E-state index in [9.17, 15) is 14.9 Å². The van der Waals surface area contributed by atoms with Crippen LogP contribution in [0.4, 0.5) is 11.4 Å². The number of nitrogens with zero attached hydrogens (tertiary/aromatic N) is 1. The lowest BCUT2D eigenvalue weighted by atomic mass is 10.2. The van der Waals surface area contributed by atoms with Gasteiger partial charge in [-0.1, -0.05) is 19.1 Å². The molecule has 104 valence electrons. The van der Waals surface area contributed by atoms with Crippen molar-refractivity contribution < 1.29 is 9.72 Å². The van der Waals surface area contributed by atoms with Crippen molar-refractivity contribution >= 4 is 29.0 Å². The Hall–Kier alpha value is -1.60. The molecule has 1 atom stereocenters. The highest BCUT2D eigenvalue weighted by Crippen LogP contribution is 2.23. The van der Waals surface area contributed by atoms with Crippen LogP contribution in [0, 0.1) is 10.1 Å². The van der Waals surface area contributed by atoms with Crippen LogP contribution in [-0.4, -0.2) is 28.4 Å². The Kier molecular flexibility index (Phi) is 6.31. The largest absolute Gasteiger partial charge is 0.327 e. The van der Waals surface area contributed by atoms with Gasteiger partial charge in [0, 0.05) is 17.9 Å². The maximum atomic E-state index is 11.7. The first-order valence-corrected chi connectivity index (χ1v) is 7.06. The van der Waals surface area contributed by atoms with Crippen molar-refractivity contribution in [3.05, 3.63) is 34.4 Å². The van der Waals surface area contributed by atoms with Crippen molar-refractivity contribution in [1.82, 2.24) is 0 Å². The third-order valence-electron chi connectivity index (χ3n) is 2.46. The molecule has 0 spiro atoms. The summed E-state index contributed by atoms with van der Waals surface area (Å²) in [5.41, 5.74) is 5.85. The highest BCUT2D eigenvalue weighted by molar-refractivity contribution is 8.00. The number of rotatable bonds is 7. The average Bonchev–Trinajstić information content (AvgIpc) is 2.38. The fourth-order valence-electron chi connectivity index (χ4n) is 1.35. The number of hydrogen-bond acceptors (Lipinski definition) is 5. The summed E-state index contributed by atoms with van der Waals surface area (Å²) in [6.07, 6.45) is 0.860. The molecule has 1 aromatic rings. The molecular formula is C12H17N3O3S. The van der Waals surface area contributed by atoms with Crippen molar-refractivity contribution in [2.45, 2.75) is 19.4 Å². The van der Waals surface area contributed by atoms with E-state index in [1.807, 2.05) is 6.92 Å². The van der Waals surface area contributed by atoms with Crippen LogP contribution < -0.4 is 11.1 Å². The van der Waals surface area contributed by atoms with Crippen molar-refractivity contribution in [3.63, 3.8) is 0 Å². The Balaban J connectivity index is 2.51. The first-order valence-electron chi connectivity index (χ1n) is 5.91. The molecule has 0 saturated carbocycles. The van der Waals surface area contributed by atoms with Crippen molar-refractivity contribution in [1.29, 1.82) is 0 Å². The lowest BCUT2D eigenvalue weighted by Crippen LogP contribution is -2.23. The Morgan fingerprint density at radius 1 is 1.53 bits per heavy atom. The number of anilines is 1. The summed E-state index contributed by atoms with van der Waals surface area (Å²) < 4.78 is 0. The molecule has 7 heteroatoms. The molecule has 3 N–H and O–H groups in total. The second-order valence-electron chi connectivity index (χ2n) is 4.01. The molecular weight excluding hydrogens is 266 g/mol. The maximum absolute atomic E-state index is 11.7. The number of amides is 1. The Bertz CT molecular complexity index is 454. The minimum absolute atomic E-state index is 0.0730. The number of carbonyl (C=O) groups is 1. The van der Waals surface area contributed by atoms with Crippen LogP contribution >= 0.6 is 11.8 Å². The summed E-state index contributed by atoms with van der Waals surface area (Å²) in [6.45, 7) is 1.98. The summed E-state index contributed by atoms with van der Waals surface area (Å²) in [7, 11) is 0. The van der Waals surface area contributed by atoms with Gasteiger partial charge in [-0.15, -0.1) is 0 Å². The van der Waals surface area contributed by atoms with Gasteiger partial charge in [0.2, 0.25) is 5.91 Å². The fraction of sp³-hybridized carbons (Fsp3) is 0.417. The van der Waals surface area contributed by atoms with E-state index < -0.39 is 4.92 Å². The lowest BCUT2D eigenvalue weighted by molar-refractivity contribution is -0.383. The van der Waals surface area contributed by atoms with E-state index in [0.29, 0.717) is 5.75 Å². The van der Waals surface area contributed by atoms with E-state index in [1.54, 1.807) is 12.1 Å². The second-order valence-corrected chi connectivity index (χ2v) is 5.04. The summed E-state index contributed by atoms with van der Waals surface area (Å²) in [4.78, 5) is 21.9. The number of carbonyl (C=O) groups excluding carboxylic acids is 1. The first-order chi connectivity index (χ1) is 9.04. The number of para-hydroxylation sites is 2. The molecule has 6 nitrogen and oxygen atoms in total. The van der Waals surface area contributed by atoms with Crippen molar-refractivity contribution in [2.24, 2.45) is 5.73 Å². The van der Waals surface area contributed by atoms with Crippen LogP contribution in [0.5, 0.6) is 0 Å². The van der Waals surface area contributed by atoms with E-state index in [2.05, 4.69) is 5.32 Å². The van der Waals surface area contributed by atoms with E-state index in [1.165, 1.54) is 23.9 Å². The fourth-order valence-corrected chi connectivity index (χ4v) is 2.26. The van der Waals surface area contributed by atoms with E-state index in [0.717, 1.165) is 6.42 Å². The van der Waals surface area contributed by atoms with Crippen LogP contribution in [0.25, 0.3) is 0 Å². The smallest absolute Gasteiger partial charge is 0.292 e. The number of nitrogens with one attached hydrogen (secondary N) is 1. The number of nitro groups is 1. The molecule has 0 radical (unpaired) electrons. The first kappa shape index (κ1) is 15.5. The maximum Gasteiger partial charge on any atom is 0.292 e. The van der Waals surface area contributed by atoms with E-state index >= 15 is 0 Å². The molecule has 0 aliphatic rings. The van der Waals surface area contributed by atoms with Crippen LogP contribution in [0.2, 0.25) is 0 Å². The Morgan fingerprint density at radius 3 is 2.84 bits per heavy atom. The highest BCUT2D eigenvalue weighted by Gasteiger charge is 2.14. The minimum atomic E-state index is -0.518. The van der Waals surface area contributed by atoms with Crippen LogP contribution in [0.15, 0.2) is 24.3 Å². The number of thioether (sulfide) groups is 1. The molecule has 0 fully saturated rings. The quantitative estimate of drug-likeness (QED) is 0.589. The van der Waals surface area contributed by atoms with Crippen LogP contribution in [0.1, 0.15) is 13.3 Å². The Morgan fingerprint density at radius 2 is 2.21 bits per heavy atom. The van der Waals surface area contributed by atoms with Gasteiger partial charge in [0.15, 0.2) is 0 Å². The van der Waals surface area contributed by atoms with Crippen LogP contribution in [0.3, 0.4) is 0 Å². The van der Waals surface area contributed by atoms with Gasteiger partial charge in [-0.05, 0) is 12.5 Å². The molecule has 1 unspecified atom stereocenters. The van der Waals surface area contributed by atoms with E-state index in [4.69, 9.17) is 5.73 Å². The number of hydrogen-bond donors (Lipinski definition) is 2. The van der Waals surface area contributed by atoms with Crippen molar-refractivity contribution in [2.75, 3.05) is 16.8 Å². The van der Waals surface area contributed by atoms with E-state index in [-0.39, 0.29) is 29.1 Å². The van der Waals surface area contributed by atoms with Gasteiger partial charge in [0.25, 0.3) is 5.69 Å². The predicted molar refractivity (Wildman–Crippen MR) is 77.3 cm³/mol. The third-order valence-corrected chi connectivity index (χ3v) is 3.59. The van der Waals surface area contributed by atoms with Gasteiger partial charge in [0.05, 0.1) is 10.7 Å². The zero-order chi connectivity index (χ0) is 14.3. The topological polar surface area (TPSA) is 98.3 Å². The third kappa shape index (κ3) is 5.27. The van der Waals surface area contributed by atoms with Gasteiger partial charge in [-0.3, -0.25) is 14.9 Å². The number of nitrogens with two attached hydrogens (primary N) is 1. The second kappa shape index (κ2) is 7.75. The predicted octanol–water partition coefficient (Wildman–Crippen LogP) is 2.00. The molecule has 0 aromatic heterocycles. The zero-order valence-electron chi connectivity index (χ0n) is 10.7. The number of benzene rings is 1. The Labute approximate surface area is 115 Å². The van der Waals surface area contributed by atoms with Gasteiger partial charge >= 0.3 is 0 Å².